The Morgan fingerprint density at radius 2 is 2.00 bits per heavy atom. The smallest absolute Gasteiger partial charge is 0.251 e. The zero-order chi connectivity index (χ0) is 15.0. The molecular formula is C14H19N3O2S. The normalized spacial score (nSPS) is 9.70. The first kappa shape index (κ1) is 16.1. The van der Waals surface area contributed by atoms with E-state index in [1.165, 1.54) is 0 Å². The maximum atomic E-state index is 11.8. The number of benzene rings is 1. The summed E-state index contributed by atoms with van der Waals surface area (Å²) in [5.41, 5.74) is 1.21. The van der Waals surface area contributed by atoms with Crippen molar-refractivity contribution in [2.75, 3.05) is 11.9 Å². The summed E-state index contributed by atoms with van der Waals surface area (Å²) in [6, 6.07) is 6.95. The molecule has 1 rings (SSSR count). The molecule has 0 unspecified atom stereocenters. The molecule has 0 bridgehead atoms. The number of carbonyl (C=O) groups excluding carboxylic acids is 2. The fourth-order valence-electron chi connectivity index (χ4n) is 1.46. The summed E-state index contributed by atoms with van der Waals surface area (Å²) in [7, 11) is 0. The molecule has 0 spiro atoms. The van der Waals surface area contributed by atoms with Crippen LogP contribution in [0.3, 0.4) is 0 Å². The zero-order valence-corrected chi connectivity index (χ0v) is 12.5. The molecule has 6 heteroatoms. The van der Waals surface area contributed by atoms with E-state index in [1.807, 2.05) is 6.92 Å². The standard InChI is InChI=1S/C14H19N3O2S/c1-3-8-15-13(19)10-6-5-7-11(9-10)16-14(20)17-12(18)4-2/h5-7,9H,3-4,8H2,1-2H3,(H,15,19)(H2,16,17,18,20). The lowest BCUT2D eigenvalue weighted by Gasteiger charge is -2.10. The SMILES string of the molecule is CCCNC(=O)c1cccc(NC(=S)NC(=O)CC)c1. The second-order valence-corrected chi connectivity index (χ2v) is 4.60. The van der Waals surface area contributed by atoms with Crippen molar-refractivity contribution in [3.05, 3.63) is 29.8 Å². The van der Waals surface area contributed by atoms with E-state index in [2.05, 4.69) is 16.0 Å². The van der Waals surface area contributed by atoms with E-state index < -0.39 is 0 Å². The van der Waals surface area contributed by atoms with E-state index in [9.17, 15) is 9.59 Å². The summed E-state index contributed by atoms with van der Waals surface area (Å²) in [5.74, 6) is -0.279. The first-order chi connectivity index (χ1) is 9.56. The van der Waals surface area contributed by atoms with Gasteiger partial charge in [0.15, 0.2) is 5.11 Å². The number of anilines is 1. The van der Waals surface area contributed by atoms with E-state index in [-0.39, 0.29) is 16.9 Å². The number of carbonyl (C=O) groups is 2. The molecule has 0 saturated heterocycles. The van der Waals surface area contributed by atoms with Gasteiger partial charge in [-0.05, 0) is 36.8 Å². The molecule has 5 nitrogen and oxygen atoms in total. The highest BCUT2D eigenvalue weighted by molar-refractivity contribution is 7.80. The molecule has 0 saturated carbocycles. The van der Waals surface area contributed by atoms with Crippen LogP contribution in [0.25, 0.3) is 0 Å². The van der Waals surface area contributed by atoms with Crippen molar-refractivity contribution in [2.24, 2.45) is 0 Å². The van der Waals surface area contributed by atoms with Gasteiger partial charge in [-0.25, -0.2) is 0 Å². The van der Waals surface area contributed by atoms with Crippen LogP contribution in [0.1, 0.15) is 37.0 Å². The van der Waals surface area contributed by atoms with Gasteiger partial charge in [0.1, 0.15) is 0 Å². The van der Waals surface area contributed by atoms with Crippen molar-refractivity contribution in [3.63, 3.8) is 0 Å². The van der Waals surface area contributed by atoms with Crippen LogP contribution in [0.15, 0.2) is 24.3 Å². The number of thiocarbonyl (C=S) groups is 1. The summed E-state index contributed by atoms with van der Waals surface area (Å²) < 4.78 is 0. The van der Waals surface area contributed by atoms with Crippen molar-refractivity contribution in [1.82, 2.24) is 10.6 Å². The van der Waals surface area contributed by atoms with Gasteiger partial charge in [0, 0.05) is 24.2 Å². The summed E-state index contributed by atoms with van der Waals surface area (Å²) in [5, 5.41) is 8.45. The van der Waals surface area contributed by atoms with Crippen molar-refractivity contribution in [2.45, 2.75) is 26.7 Å². The summed E-state index contributed by atoms with van der Waals surface area (Å²) in [6.07, 6.45) is 1.25. The maximum absolute atomic E-state index is 11.8. The van der Waals surface area contributed by atoms with Gasteiger partial charge in [-0.15, -0.1) is 0 Å². The van der Waals surface area contributed by atoms with Crippen LogP contribution in [0, 0.1) is 0 Å². The summed E-state index contributed by atoms with van der Waals surface area (Å²) >= 11 is 5.01. The second-order valence-electron chi connectivity index (χ2n) is 4.19. The summed E-state index contributed by atoms with van der Waals surface area (Å²) in [6.45, 7) is 4.38. The topological polar surface area (TPSA) is 70.2 Å². The first-order valence-electron chi connectivity index (χ1n) is 6.56. The van der Waals surface area contributed by atoms with E-state index in [1.54, 1.807) is 31.2 Å². The molecule has 0 fully saturated rings. The van der Waals surface area contributed by atoms with Crippen LogP contribution in [0.2, 0.25) is 0 Å². The highest BCUT2D eigenvalue weighted by Crippen LogP contribution is 2.10. The zero-order valence-electron chi connectivity index (χ0n) is 11.7. The molecule has 0 atom stereocenters. The van der Waals surface area contributed by atoms with Crippen molar-refractivity contribution in [1.29, 1.82) is 0 Å². The van der Waals surface area contributed by atoms with E-state index in [4.69, 9.17) is 12.2 Å². The fraction of sp³-hybridized carbons (Fsp3) is 0.357. The van der Waals surface area contributed by atoms with E-state index >= 15 is 0 Å². The van der Waals surface area contributed by atoms with Gasteiger partial charge in [0.25, 0.3) is 5.91 Å². The van der Waals surface area contributed by atoms with Gasteiger partial charge in [0.05, 0.1) is 0 Å². The van der Waals surface area contributed by atoms with Crippen LogP contribution in [-0.2, 0) is 4.79 Å². The molecular weight excluding hydrogens is 274 g/mol. The highest BCUT2D eigenvalue weighted by atomic mass is 32.1. The number of hydrogen-bond donors (Lipinski definition) is 3. The third-order valence-electron chi connectivity index (χ3n) is 2.49. The van der Waals surface area contributed by atoms with Gasteiger partial charge < -0.3 is 16.0 Å². The molecule has 2 amide bonds. The highest BCUT2D eigenvalue weighted by Gasteiger charge is 2.07. The molecule has 1 aromatic carbocycles. The Hall–Kier alpha value is -1.95. The molecule has 108 valence electrons. The van der Waals surface area contributed by atoms with Crippen molar-refractivity contribution in [3.8, 4) is 0 Å². The molecule has 1 aromatic rings. The second kappa shape index (κ2) is 8.27. The summed E-state index contributed by atoms with van der Waals surface area (Å²) in [4.78, 5) is 23.0. The third-order valence-corrected chi connectivity index (χ3v) is 2.70. The van der Waals surface area contributed by atoms with E-state index in [0.717, 1.165) is 6.42 Å². The minimum atomic E-state index is -0.153. The Morgan fingerprint density at radius 1 is 1.25 bits per heavy atom. The fourth-order valence-corrected chi connectivity index (χ4v) is 1.69. The third kappa shape index (κ3) is 5.36. The number of rotatable bonds is 5. The Kier molecular flexibility index (Phi) is 6.66. The molecule has 20 heavy (non-hydrogen) atoms. The number of nitrogens with one attached hydrogen (secondary N) is 3. The minimum absolute atomic E-state index is 0.126. The Labute approximate surface area is 124 Å². The largest absolute Gasteiger partial charge is 0.352 e. The van der Waals surface area contributed by atoms with Gasteiger partial charge in [-0.2, -0.15) is 0 Å². The predicted octanol–water partition coefficient (Wildman–Crippen LogP) is 2.05. The molecule has 0 radical (unpaired) electrons. The molecule has 0 aromatic heterocycles. The molecule has 0 aliphatic rings. The molecule has 0 aliphatic heterocycles. The Bertz CT molecular complexity index is 503. The van der Waals surface area contributed by atoms with Crippen LogP contribution in [0.4, 0.5) is 5.69 Å². The number of amides is 2. The van der Waals surface area contributed by atoms with Gasteiger partial charge in [-0.1, -0.05) is 19.9 Å². The lowest BCUT2D eigenvalue weighted by atomic mass is 10.2. The maximum Gasteiger partial charge on any atom is 0.251 e. The molecule has 0 aliphatic carbocycles. The van der Waals surface area contributed by atoms with Gasteiger partial charge in [-0.3, -0.25) is 9.59 Å². The molecule has 0 heterocycles. The van der Waals surface area contributed by atoms with E-state index in [0.29, 0.717) is 24.2 Å². The monoisotopic (exact) mass is 293 g/mol. The Balaban J connectivity index is 2.66. The van der Waals surface area contributed by atoms with Crippen molar-refractivity contribution >= 4 is 34.8 Å². The quantitative estimate of drug-likeness (QED) is 0.727. The molecule has 3 N–H and O–H groups in total. The average Bonchev–Trinajstić information content (AvgIpc) is 2.44. The predicted molar refractivity (Wildman–Crippen MR) is 83.7 cm³/mol. The van der Waals surface area contributed by atoms with Crippen LogP contribution in [-0.4, -0.2) is 23.5 Å². The lowest BCUT2D eigenvalue weighted by Crippen LogP contribution is -2.33. The van der Waals surface area contributed by atoms with Crippen LogP contribution in [0.5, 0.6) is 0 Å². The average molecular weight is 293 g/mol. The van der Waals surface area contributed by atoms with Crippen molar-refractivity contribution < 1.29 is 9.59 Å². The lowest BCUT2D eigenvalue weighted by molar-refractivity contribution is -0.119. The number of hydrogen-bond acceptors (Lipinski definition) is 3. The van der Waals surface area contributed by atoms with Gasteiger partial charge in [0.2, 0.25) is 5.91 Å². The van der Waals surface area contributed by atoms with Crippen LogP contribution < -0.4 is 16.0 Å². The minimum Gasteiger partial charge on any atom is -0.352 e. The first-order valence-corrected chi connectivity index (χ1v) is 6.96. The Morgan fingerprint density at radius 3 is 2.65 bits per heavy atom. The van der Waals surface area contributed by atoms with Crippen LogP contribution >= 0.6 is 12.2 Å². The van der Waals surface area contributed by atoms with Gasteiger partial charge >= 0.3 is 0 Å².